The second-order valence-electron chi connectivity index (χ2n) is 9.63. The van der Waals surface area contributed by atoms with Crippen LogP contribution in [-0.2, 0) is 16.0 Å². The van der Waals surface area contributed by atoms with Crippen LogP contribution in [0.3, 0.4) is 0 Å². The van der Waals surface area contributed by atoms with Crippen LogP contribution in [0.2, 0.25) is 0 Å². The highest BCUT2D eigenvalue weighted by molar-refractivity contribution is 5.88. The molecule has 0 aliphatic heterocycles. The first-order valence-corrected chi connectivity index (χ1v) is 12.4. The lowest BCUT2D eigenvalue weighted by molar-refractivity contribution is -0.148. The van der Waals surface area contributed by atoms with Gasteiger partial charge in [0.05, 0.1) is 19.1 Å². The van der Waals surface area contributed by atoms with E-state index in [4.69, 9.17) is 0 Å². The van der Waals surface area contributed by atoms with Gasteiger partial charge < -0.3 is 25.7 Å². The average Bonchev–Trinajstić information content (AvgIpc) is 2.85. The molecule has 3 rings (SSSR count). The topological polar surface area (TPSA) is 102 Å². The first-order valence-electron chi connectivity index (χ1n) is 12.4. The first kappa shape index (κ1) is 28.1. The molecule has 1 aliphatic carbocycles. The molecule has 37 heavy (non-hydrogen) atoms. The molecule has 2 aromatic rings. The van der Waals surface area contributed by atoms with E-state index in [2.05, 4.69) is 10.6 Å². The van der Waals surface area contributed by atoms with Crippen LogP contribution in [0.15, 0.2) is 60.7 Å². The molecule has 2 amide bonds. The van der Waals surface area contributed by atoms with E-state index in [0.717, 1.165) is 24.8 Å². The molecule has 2 aromatic carbocycles. The molecule has 0 saturated heterocycles. The minimum absolute atomic E-state index is 0.0324. The zero-order chi connectivity index (χ0) is 27.0. The highest BCUT2D eigenvalue weighted by Crippen LogP contribution is 2.26. The van der Waals surface area contributed by atoms with Crippen molar-refractivity contribution in [2.75, 3.05) is 18.4 Å². The van der Waals surface area contributed by atoms with E-state index in [9.17, 15) is 28.6 Å². The molecule has 200 valence electrons. The van der Waals surface area contributed by atoms with E-state index in [1.54, 1.807) is 19.1 Å². The monoisotopic (exact) mass is 515 g/mol. The molecule has 0 saturated carbocycles. The Balaban J connectivity index is 1.83. The quantitative estimate of drug-likeness (QED) is 0.341. The van der Waals surface area contributed by atoms with Crippen LogP contribution in [0.25, 0.3) is 0 Å². The molecular weight excluding hydrogens is 480 g/mol. The fraction of sp³-hybridized carbons (Fsp3) is 0.429. The summed E-state index contributed by atoms with van der Waals surface area (Å²) in [5.74, 6) is -4.80. The largest absolute Gasteiger partial charge is 0.508 e. The Labute approximate surface area is 216 Å². The molecule has 4 N–H and O–H groups in total. The van der Waals surface area contributed by atoms with Gasteiger partial charge in [0.15, 0.2) is 6.10 Å². The Morgan fingerprint density at radius 3 is 2.54 bits per heavy atom. The summed E-state index contributed by atoms with van der Waals surface area (Å²) in [5, 5.41) is 27.1. The lowest BCUT2D eigenvalue weighted by Crippen LogP contribution is -2.54. The molecule has 3 unspecified atom stereocenters. The molecule has 1 aliphatic rings. The third-order valence-corrected chi connectivity index (χ3v) is 6.29. The Morgan fingerprint density at radius 1 is 1.16 bits per heavy atom. The van der Waals surface area contributed by atoms with Crippen LogP contribution in [0.4, 0.5) is 14.5 Å². The highest BCUT2D eigenvalue weighted by atomic mass is 19.3. The normalized spacial score (nSPS) is 17.1. The van der Waals surface area contributed by atoms with Gasteiger partial charge in [-0.15, -0.1) is 0 Å². The van der Waals surface area contributed by atoms with Gasteiger partial charge in [-0.05, 0) is 50.3 Å². The van der Waals surface area contributed by atoms with Gasteiger partial charge >= 0.3 is 0 Å². The number of alkyl halides is 2. The van der Waals surface area contributed by atoms with Gasteiger partial charge in [-0.3, -0.25) is 9.59 Å². The minimum atomic E-state index is -3.27. The van der Waals surface area contributed by atoms with Crippen molar-refractivity contribution in [3.05, 3.63) is 71.8 Å². The number of aliphatic hydroxyl groups is 1. The number of carbonyl (C=O) groups excluding carboxylic acids is 2. The highest BCUT2D eigenvalue weighted by Gasteiger charge is 2.36. The van der Waals surface area contributed by atoms with Gasteiger partial charge in [-0.2, -0.15) is 0 Å². The number of phenolic OH excluding ortho intramolecular Hbond substituents is 1. The summed E-state index contributed by atoms with van der Waals surface area (Å²) in [5.41, 5.74) is 1.80. The predicted molar refractivity (Wildman–Crippen MR) is 139 cm³/mol. The number of rotatable bonds is 11. The summed E-state index contributed by atoms with van der Waals surface area (Å²) in [4.78, 5) is 26.8. The Kier molecular flexibility index (Phi) is 9.63. The fourth-order valence-electron chi connectivity index (χ4n) is 4.35. The van der Waals surface area contributed by atoms with Crippen LogP contribution in [0, 0.1) is 6.92 Å². The van der Waals surface area contributed by atoms with Crippen molar-refractivity contribution in [1.29, 1.82) is 0 Å². The molecule has 3 atom stereocenters. The smallest absolute Gasteiger partial charge is 0.262 e. The van der Waals surface area contributed by atoms with Crippen molar-refractivity contribution >= 4 is 17.5 Å². The maximum atomic E-state index is 14.0. The lowest BCUT2D eigenvalue weighted by Gasteiger charge is -2.32. The van der Waals surface area contributed by atoms with E-state index >= 15 is 0 Å². The van der Waals surface area contributed by atoms with Gasteiger partial charge in [0, 0.05) is 24.2 Å². The van der Waals surface area contributed by atoms with Crippen LogP contribution >= 0.6 is 0 Å². The second-order valence-corrected chi connectivity index (χ2v) is 9.63. The summed E-state index contributed by atoms with van der Waals surface area (Å²) in [6.45, 7) is 0.726. The number of aromatic hydroxyl groups is 1. The zero-order valence-corrected chi connectivity index (χ0v) is 21.2. The van der Waals surface area contributed by atoms with Gasteiger partial charge in [0.25, 0.3) is 11.8 Å². The van der Waals surface area contributed by atoms with Crippen LogP contribution in [-0.4, -0.2) is 64.1 Å². The van der Waals surface area contributed by atoms with Crippen molar-refractivity contribution in [2.45, 2.75) is 63.6 Å². The average molecular weight is 516 g/mol. The van der Waals surface area contributed by atoms with Gasteiger partial charge in [0.1, 0.15) is 5.75 Å². The maximum Gasteiger partial charge on any atom is 0.262 e. The molecule has 7 nitrogen and oxygen atoms in total. The number of amides is 2. The van der Waals surface area contributed by atoms with Crippen LogP contribution < -0.4 is 10.6 Å². The van der Waals surface area contributed by atoms with E-state index in [1.165, 1.54) is 6.07 Å². The number of hydrogen-bond donors (Lipinski definition) is 4. The second kappa shape index (κ2) is 12.7. The number of anilines is 1. The molecule has 0 fully saturated rings. The first-order chi connectivity index (χ1) is 17.5. The van der Waals surface area contributed by atoms with Crippen molar-refractivity contribution < 1.29 is 28.6 Å². The molecule has 0 spiro atoms. The molecular formula is C28H35F2N3O4. The Bertz CT molecular complexity index is 1090. The standard InChI is InChI=1S/C28H35F2N3O4/c1-19-22(14-9-15-24(19)34)32-23(16-20-10-5-3-6-11-20)26(36)27(37)33(18-28(2,29)30)17-25(35)31-21-12-7-4-8-13-21/h3,5-7,9-12,14-15,21,23,26,32,34,36H,4,8,13,16-18H2,1-2H3,(H,31,35). The van der Waals surface area contributed by atoms with E-state index < -0.39 is 43.0 Å². The number of aliphatic hydroxyl groups excluding tert-OH is 1. The zero-order valence-electron chi connectivity index (χ0n) is 21.2. The third-order valence-electron chi connectivity index (χ3n) is 6.29. The maximum absolute atomic E-state index is 14.0. The van der Waals surface area contributed by atoms with Crippen LogP contribution in [0.5, 0.6) is 5.75 Å². The molecule has 0 aromatic heterocycles. The van der Waals surface area contributed by atoms with Gasteiger partial charge in [-0.25, -0.2) is 8.78 Å². The number of allylic oxidation sites excluding steroid dienone is 1. The summed E-state index contributed by atoms with van der Waals surface area (Å²) < 4.78 is 28.1. The fourth-order valence-corrected chi connectivity index (χ4v) is 4.35. The van der Waals surface area contributed by atoms with Gasteiger partial charge in [-0.1, -0.05) is 48.6 Å². The number of carbonyl (C=O) groups is 2. The van der Waals surface area contributed by atoms with E-state index in [1.807, 2.05) is 42.5 Å². The Morgan fingerprint density at radius 2 is 1.89 bits per heavy atom. The number of hydrogen-bond acceptors (Lipinski definition) is 5. The van der Waals surface area contributed by atoms with E-state index in [0.29, 0.717) is 23.1 Å². The SMILES string of the molecule is Cc1c(O)cccc1NC(Cc1ccccc1)C(O)C(=O)N(CC(=O)NC1C=CCCC1)CC(C)(F)F. The van der Waals surface area contributed by atoms with Crippen LogP contribution in [0.1, 0.15) is 37.3 Å². The number of nitrogens with zero attached hydrogens (tertiary/aromatic N) is 1. The molecule has 0 heterocycles. The van der Waals surface area contributed by atoms with E-state index in [-0.39, 0.29) is 18.2 Å². The van der Waals surface area contributed by atoms with Crippen molar-refractivity contribution in [1.82, 2.24) is 10.2 Å². The summed E-state index contributed by atoms with van der Waals surface area (Å²) in [6, 6.07) is 12.8. The lowest BCUT2D eigenvalue weighted by atomic mass is 9.99. The predicted octanol–water partition coefficient (Wildman–Crippen LogP) is 3.79. The molecule has 9 heteroatoms. The number of nitrogens with one attached hydrogen (secondary N) is 2. The number of benzene rings is 2. The van der Waals surface area contributed by atoms with Crippen molar-refractivity contribution in [3.63, 3.8) is 0 Å². The number of halogens is 2. The molecule has 0 radical (unpaired) electrons. The van der Waals surface area contributed by atoms with Crippen molar-refractivity contribution in [2.24, 2.45) is 0 Å². The van der Waals surface area contributed by atoms with Gasteiger partial charge in [0.2, 0.25) is 5.91 Å². The summed E-state index contributed by atoms with van der Waals surface area (Å²) in [6.07, 6.45) is 4.80. The summed E-state index contributed by atoms with van der Waals surface area (Å²) in [7, 11) is 0. The third kappa shape index (κ3) is 8.56. The van der Waals surface area contributed by atoms with Crippen molar-refractivity contribution in [3.8, 4) is 5.75 Å². The minimum Gasteiger partial charge on any atom is -0.508 e. The number of phenols is 1. The molecule has 0 bridgehead atoms. The summed E-state index contributed by atoms with van der Waals surface area (Å²) >= 11 is 0. The Hall–Kier alpha value is -3.46.